The zero-order valence-electron chi connectivity index (χ0n) is 10.6. The third kappa shape index (κ3) is 4.04. The Kier molecular flexibility index (Phi) is 5.60. The quantitative estimate of drug-likeness (QED) is 0.908. The van der Waals surface area contributed by atoms with Gasteiger partial charge in [0.05, 0.1) is 13.2 Å². The first-order chi connectivity index (χ1) is 8.79. The molecule has 1 fully saturated rings. The number of hydrogen-bond donors (Lipinski definition) is 1. The Morgan fingerprint density at radius 3 is 2.78 bits per heavy atom. The zero-order valence-corrected chi connectivity index (χ0v) is 12.2. The molecule has 2 atom stereocenters. The van der Waals surface area contributed by atoms with Crippen LogP contribution in [0.15, 0.2) is 22.9 Å². The van der Waals surface area contributed by atoms with Gasteiger partial charge in [-0.3, -0.25) is 4.98 Å². The van der Waals surface area contributed by atoms with Crippen molar-refractivity contribution in [2.24, 2.45) is 17.6 Å². The summed E-state index contributed by atoms with van der Waals surface area (Å²) >= 11 is 3.42. The van der Waals surface area contributed by atoms with E-state index in [2.05, 4.69) is 20.9 Å². The van der Waals surface area contributed by atoms with Crippen molar-refractivity contribution in [1.29, 1.82) is 0 Å². The summed E-state index contributed by atoms with van der Waals surface area (Å²) in [5.41, 5.74) is 6.94. The van der Waals surface area contributed by atoms with Crippen molar-refractivity contribution in [3.8, 4) is 0 Å². The Morgan fingerprint density at radius 2 is 2.06 bits per heavy atom. The molecular weight excluding hydrogens is 292 g/mol. The third-order valence-electron chi connectivity index (χ3n) is 3.73. The van der Waals surface area contributed by atoms with Crippen LogP contribution in [0.4, 0.5) is 0 Å². The number of ether oxygens (including phenoxy) is 1. The number of hydrogen-bond acceptors (Lipinski definition) is 3. The molecule has 2 N–H and O–H groups in total. The van der Waals surface area contributed by atoms with E-state index in [-0.39, 0.29) is 0 Å². The van der Waals surface area contributed by atoms with Crippen LogP contribution in [0.3, 0.4) is 0 Å². The molecule has 0 spiro atoms. The standard InChI is InChI=1S/C14H21BrN2O/c15-14-5-11(7-17-8-14)9-18-10-13-4-2-1-3-12(13)6-16/h5,7-8,12-13H,1-4,6,9-10,16H2. The Balaban J connectivity index is 1.77. The lowest BCUT2D eigenvalue weighted by Crippen LogP contribution is -2.29. The number of aromatic nitrogens is 1. The SMILES string of the molecule is NCC1CCCCC1COCc1cncc(Br)c1. The van der Waals surface area contributed by atoms with Gasteiger partial charge in [-0.25, -0.2) is 0 Å². The largest absolute Gasteiger partial charge is 0.376 e. The second-order valence-corrected chi connectivity index (χ2v) is 5.98. The summed E-state index contributed by atoms with van der Waals surface area (Å²) in [6.45, 7) is 2.26. The minimum absolute atomic E-state index is 0.639. The minimum atomic E-state index is 0.639. The molecule has 0 amide bonds. The molecule has 1 aliphatic carbocycles. The van der Waals surface area contributed by atoms with Crippen LogP contribution in [0.1, 0.15) is 31.2 Å². The predicted molar refractivity (Wildman–Crippen MR) is 76.1 cm³/mol. The highest BCUT2D eigenvalue weighted by atomic mass is 79.9. The smallest absolute Gasteiger partial charge is 0.0732 e. The van der Waals surface area contributed by atoms with Crippen LogP contribution in [0.2, 0.25) is 0 Å². The van der Waals surface area contributed by atoms with E-state index in [0.29, 0.717) is 18.4 Å². The molecule has 2 rings (SSSR count). The van der Waals surface area contributed by atoms with Crippen LogP contribution >= 0.6 is 15.9 Å². The second kappa shape index (κ2) is 7.22. The number of nitrogens with zero attached hydrogens (tertiary/aromatic N) is 1. The first kappa shape index (κ1) is 14.0. The lowest BCUT2D eigenvalue weighted by molar-refractivity contribution is 0.0511. The monoisotopic (exact) mass is 312 g/mol. The molecule has 2 unspecified atom stereocenters. The van der Waals surface area contributed by atoms with Crippen LogP contribution in [-0.2, 0) is 11.3 Å². The van der Waals surface area contributed by atoms with Crippen molar-refractivity contribution >= 4 is 15.9 Å². The Hall–Kier alpha value is -0.450. The van der Waals surface area contributed by atoms with Gasteiger partial charge < -0.3 is 10.5 Å². The number of nitrogens with two attached hydrogens (primary N) is 1. The fraction of sp³-hybridized carbons (Fsp3) is 0.643. The van der Waals surface area contributed by atoms with Gasteiger partial charge >= 0.3 is 0 Å². The molecule has 0 bridgehead atoms. The van der Waals surface area contributed by atoms with Gasteiger partial charge in [-0.05, 0) is 58.8 Å². The molecular formula is C14H21BrN2O. The van der Waals surface area contributed by atoms with Crippen molar-refractivity contribution in [2.45, 2.75) is 32.3 Å². The fourth-order valence-electron chi connectivity index (χ4n) is 2.68. The zero-order chi connectivity index (χ0) is 12.8. The molecule has 0 radical (unpaired) electrons. The van der Waals surface area contributed by atoms with Crippen LogP contribution < -0.4 is 5.73 Å². The first-order valence-electron chi connectivity index (χ1n) is 6.67. The van der Waals surface area contributed by atoms with Crippen LogP contribution in [0, 0.1) is 11.8 Å². The molecule has 1 aromatic heterocycles. The normalized spacial score (nSPS) is 24.1. The van der Waals surface area contributed by atoms with E-state index in [0.717, 1.165) is 23.2 Å². The summed E-state index contributed by atoms with van der Waals surface area (Å²) in [5.74, 6) is 1.29. The lowest BCUT2D eigenvalue weighted by Gasteiger charge is -2.30. The van der Waals surface area contributed by atoms with Gasteiger partial charge in [-0.2, -0.15) is 0 Å². The first-order valence-corrected chi connectivity index (χ1v) is 7.46. The molecule has 0 aromatic carbocycles. The van der Waals surface area contributed by atoms with Crippen molar-refractivity contribution in [3.05, 3.63) is 28.5 Å². The van der Waals surface area contributed by atoms with Gasteiger partial charge in [0, 0.05) is 16.9 Å². The van der Waals surface area contributed by atoms with E-state index in [1.165, 1.54) is 25.7 Å². The minimum Gasteiger partial charge on any atom is -0.376 e. The summed E-state index contributed by atoms with van der Waals surface area (Å²) in [4.78, 5) is 4.13. The fourth-order valence-corrected chi connectivity index (χ4v) is 3.09. The predicted octanol–water partition coefficient (Wildman–Crippen LogP) is 3.13. The maximum atomic E-state index is 5.83. The maximum absolute atomic E-state index is 5.83. The number of halogens is 1. The molecule has 1 aliphatic rings. The van der Waals surface area contributed by atoms with E-state index < -0.39 is 0 Å². The van der Waals surface area contributed by atoms with Crippen molar-refractivity contribution in [2.75, 3.05) is 13.2 Å². The van der Waals surface area contributed by atoms with E-state index in [1.54, 1.807) is 6.20 Å². The molecule has 100 valence electrons. The van der Waals surface area contributed by atoms with E-state index in [9.17, 15) is 0 Å². The molecule has 4 heteroatoms. The van der Waals surface area contributed by atoms with Gasteiger partial charge in [0.25, 0.3) is 0 Å². The average Bonchev–Trinajstić information content (AvgIpc) is 2.39. The maximum Gasteiger partial charge on any atom is 0.0732 e. The second-order valence-electron chi connectivity index (χ2n) is 5.07. The highest BCUT2D eigenvalue weighted by molar-refractivity contribution is 9.10. The third-order valence-corrected chi connectivity index (χ3v) is 4.17. The molecule has 0 aliphatic heterocycles. The van der Waals surface area contributed by atoms with E-state index in [4.69, 9.17) is 10.5 Å². The van der Waals surface area contributed by atoms with E-state index >= 15 is 0 Å². The van der Waals surface area contributed by atoms with Gasteiger partial charge in [0.1, 0.15) is 0 Å². The summed E-state index contributed by atoms with van der Waals surface area (Å²) in [6, 6.07) is 2.05. The molecule has 1 aromatic rings. The molecule has 3 nitrogen and oxygen atoms in total. The topological polar surface area (TPSA) is 48.1 Å². The van der Waals surface area contributed by atoms with Crippen LogP contribution in [0.25, 0.3) is 0 Å². The van der Waals surface area contributed by atoms with Crippen molar-refractivity contribution in [3.63, 3.8) is 0 Å². The highest BCUT2D eigenvalue weighted by Crippen LogP contribution is 2.29. The summed E-state index contributed by atoms with van der Waals surface area (Å²) in [5, 5.41) is 0. The van der Waals surface area contributed by atoms with Crippen LogP contribution in [-0.4, -0.2) is 18.1 Å². The van der Waals surface area contributed by atoms with Crippen molar-refractivity contribution in [1.82, 2.24) is 4.98 Å². The van der Waals surface area contributed by atoms with Crippen molar-refractivity contribution < 1.29 is 4.74 Å². The molecule has 0 saturated heterocycles. The summed E-state index contributed by atoms with van der Waals surface area (Å²) in [6.07, 6.45) is 8.82. The van der Waals surface area contributed by atoms with Crippen LogP contribution in [0.5, 0.6) is 0 Å². The summed E-state index contributed by atoms with van der Waals surface area (Å²) < 4.78 is 6.83. The van der Waals surface area contributed by atoms with Gasteiger partial charge in [-0.15, -0.1) is 0 Å². The number of pyridine rings is 1. The Morgan fingerprint density at radius 1 is 1.28 bits per heavy atom. The van der Waals surface area contributed by atoms with E-state index in [1.807, 2.05) is 12.3 Å². The Labute approximate surface area is 117 Å². The van der Waals surface area contributed by atoms with Gasteiger partial charge in [0.2, 0.25) is 0 Å². The lowest BCUT2D eigenvalue weighted by atomic mass is 9.80. The highest BCUT2D eigenvalue weighted by Gasteiger charge is 2.23. The number of rotatable bonds is 5. The average molecular weight is 313 g/mol. The molecule has 1 heterocycles. The molecule has 1 saturated carbocycles. The van der Waals surface area contributed by atoms with Gasteiger partial charge in [-0.1, -0.05) is 12.8 Å². The summed E-state index contributed by atoms with van der Waals surface area (Å²) in [7, 11) is 0. The van der Waals surface area contributed by atoms with Gasteiger partial charge in [0.15, 0.2) is 0 Å². The molecule has 18 heavy (non-hydrogen) atoms. The Bertz CT molecular complexity index is 373.